The molecule has 3 aromatic rings. The van der Waals surface area contributed by atoms with E-state index in [1.807, 2.05) is 31.2 Å². The summed E-state index contributed by atoms with van der Waals surface area (Å²) in [5.74, 6) is -0.334. The molecule has 0 saturated heterocycles. The van der Waals surface area contributed by atoms with E-state index in [0.717, 1.165) is 16.8 Å². The van der Waals surface area contributed by atoms with Crippen molar-refractivity contribution in [2.24, 2.45) is 7.05 Å². The average Bonchev–Trinajstić information content (AvgIpc) is 3.02. The van der Waals surface area contributed by atoms with Crippen LogP contribution in [0.25, 0.3) is 12.2 Å². The van der Waals surface area contributed by atoms with Crippen LogP contribution in [0.2, 0.25) is 10.0 Å². The summed E-state index contributed by atoms with van der Waals surface area (Å²) >= 11 is 12.5. The smallest absolute Gasteiger partial charge is 0.344 e. The molecule has 1 N–H and O–H groups in total. The quantitative estimate of drug-likeness (QED) is 0.472. The van der Waals surface area contributed by atoms with Gasteiger partial charge in [0.2, 0.25) is 5.88 Å². The number of carboxylic acid groups (broad SMARTS) is 1. The van der Waals surface area contributed by atoms with E-state index in [1.54, 1.807) is 23.9 Å². The molecular weight excluding hydrogens is 453 g/mol. The van der Waals surface area contributed by atoms with Gasteiger partial charge in [0.05, 0.1) is 32.9 Å². The van der Waals surface area contributed by atoms with Crippen LogP contribution in [0.1, 0.15) is 29.3 Å². The van der Waals surface area contributed by atoms with Gasteiger partial charge in [-0.15, -0.1) is 0 Å². The number of aliphatic carboxylic acids is 1. The summed E-state index contributed by atoms with van der Waals surface area (Å²) in [5.41, 5.74) is 2.94. The van der Waals surface area contributed by atoms with Gasteiger partial charge in [0, 0.05) is 13.1 Å². The monoisotopic (exact) mass is 471 g/mol. The van der Waals surface area contributed by atoms with Crippen molar-refractivity contribution in [1.82, 2.24) is 9.78 Å². The summed E-state index contributed by atoms with van der Waals surface area (Å²) < 4.78 is 13.0. The molecule has 0 aliphatic heterocycles. The minimum absolute atomic E-state index is 0.134. The van der Waals surface area contributed by atoms with Gasteiger partial charge < -0.3 is 14.6 Å². The maximum atomic E-state index is 11.1. The second-order valence-corrected chi connectivity index (χ2v) is 7.72. The first kappa shape index (κ1) is 23.2. The van der Waals surface area contributed by atoms with Crippen molar-refractivity contribution >= 4 is 41.3 Å². The van der Waals surface area contributed by atoms with E-state index < -0.39 is 12.1 Å². The van der Waals surface area contributed by atoms with Crippen molar-refractivity contribution in [3.05, 3.63) is 68.8 Å². The van der Waals surface area contributed by atoms with Gasteiger partial charge in [-0.05, 0) is 43.7 Å². The van der Waals surface area contributed by atoms with E-state index in [0.29, 0.717) is 11.4 Å². The molecule has 0 fully saturated rings. The molecule has 0 aliphatic rings. The predicted octanol–water partition coefficient (Wildman–Crippen LogP) is 5.72. The maximum Gasteiger partial charge on any atom is 0.344 e. The van der Waals surface area contributed by atoms with E-state index >= 15 is 0 Å². The van der Waals surface area contributed by atoms with Crippen molar-refractivity contribution in [2.75, 3.05) is 0 Å². The second-order valence-electron chi connectivity index (χ2n) is 6.91. The number of carbonyl (C=O) groups is 1. The summed E-state index contributed by atoms with van der Waals surface area (Å²) in [6.07, 6.45) is 2.63. The lowest BCUT2D eigenvalue weighted by atomic mass is 10.1. The molecule has 0 amide bonds. The lowest BCUT2D eigenvalue weighted by molar-refractivity contribution is -0.144. The standard InChI is InChI=1S/C23H19Cl2N3O4/c1-13-17(9-8-15-4-6-16(12-26)7-5-15)22(28(3)27-13)32-21-11-20(18(24)10-19(21)25)31-14(2)23(29)30/h4-11,14H,1-3H3,(H,29,30)/t14-/m0/s1. The predicted molar refractivity (Wildman–Crippen MR) is 122 cm³/mol. The molecule has 9 heteroatoms. The Labute approximate surface area is 195 Å². The summed E-state index contributed by atoms with van der Waals surface area (Å²) in [5, 5.41) is 22.8. The van der Waals surface area contributed by atoms with Gasteiger partial charge in [-0.1, -0.05) is 41.4 Å². The Bertz CT molecular complexity index is 1230. The molecule has 1 aromatic heterocycles. The van der Waals surface area contributed by atoms with Crippen LogP contribution >= 0.6 is 23.2 Å². The molecule has 3 rings (SSSR count). The summed E-state index contributed by atoms with van der Waals surface area (Å²) in [7, 11) is 1.73. The Hall–Kier alpha value is -3.47. The minimum atomic E-state index is -1.13. The highest BCUT2D eigenvalue weighted by molar-refractivity contribution is 6.36. The highest BCUT2D eigenvalue weighted by Gasteiger charge is 2.19. The number of rotatable bonds is 7. The van der Waals surface area contributed by atoms with Crippen LogP contribution in [0, 0.1) is 18.3 Å². The largest absolute Gasteiger partial charge is 0.479 e. The van der Waals surface area contributed by atoms with Crippen molar-refractivity contribution in [3.63, 3.8) is 0 Å². The Balaban J connectivity index is 1.93. The lowest BCUT2D eigenvalue weighted by Crippen LogP contribution is -2.23. The first-order valence-electron chi connectivity index (χ1n) is 9.47. The van der Waals surface area contributed by atoms with E-state index in [9.17, 15) is 4.79 Å². The Morgan fingerprint density at radius 1 is 1.19 bits per heavy atom. The molecule has 0 bridgehead atoms. The fraction of sp³-hybridized carbons (Fsp3) is 0.174. The van der Waals surface area contributed by atoms with Crippen molar-refractivity contribution in [1.29, 1.82) is 5.26 Å². The zero-order valence-electron chi connectivity index (χ0n) is 17.5. The number of halogens is 2. The number of aromatic nitrogens is 2. The van der Waals surface area contributed by atoms with E-state index in [-0.39, 0.29) is 21.5 Å². The molecule has 2 aromatic carbocycles. The van der Waals surface area contributed by atoms with Crippen LogP contribution in [-0.4, -0.2) is 27.0 Å². The number of hydrogen-bond acceptors (Lipinski definition) is 5. The highest BCUT2D eigenvalue weighted by atomic mass is 35.5. The number of carboxylic acids is 1. The van der Waals surface area contributed by atoms with Crippen LogP contribution in [0.5, 0.6) is 17.4 Å². The highest BCUT2D eigenvalue weighted by Crippen LogP contribution is 2.39. The number of nitriles is 1. The maximum absolute atomic E-state index is 11.1. The van der Waals surface area contributed by atoms with Crippen molar-refractivity contribution in [2.45, 2.75) is 20.0 Å². The first-order chi connectivity index (χ1) is 15.2. The summed E-state index contributed by atoms with van der Waals surface area (Å²) in [6, 6.07) is 12.1. The fourth-order valence-corrected chi connectivity index (χ4v) is 3.30. The van der Waals surface area contributed by atoms with Gasteiger partial charge in [-0.25, -0.2) is 9.48 Å². The second kappa shape index (κ2) is 9.77. The number of hydrogen-bond donors (Lipinski definition) is 1. The zero-order valence-corrected chi connectivity index (χ0v) is 19.0. The summed E-state index contributed by atoms with van der Waals surface area (Å²) in [6.45, 7) is 3.24. The average molecular weight is 472 g/mol. The van der Waals surface area contributed by atoms with Gasteiger partial charge in [-0.2, -0.15) is 10.4 Å². The molecule has 0 unspecified atom stereocenters. The van der Waals surface area contributed by atoms with Crippen LogP contribution < -0.4 is 9.47 Å². The van der Waals surface area contributed by atoms with Crippen molar-refractivity contribution in [3.8, 4) is 23.4 Å². The van der Waals surface area contributed by atoms with Crippen molar-refractivity contribution < 1.29 is 19.4 Å². The molecule has 0 spiro atoms. The molecule has 164 valence electrons. The van der Waals surface area contributed by atoms with Crippen LogP contribution in [-0.2, 0) is 11.8 Å². The number of benzene rings is 2. The Morgan fingerprint density at radius 3 is 2.47 bits per heavy atom. The normalized spacial score (nSPS) is 11.9. The lowest BCUT2D eigenvalue weighted by Gasteiger charge is -2.15. The van der Waals surface area contributed by atoms with Crippen LogP contribution in [0.15, 0.2) is 36.4 Å². The molecule has 0 radical (unpaired) electrons. The topological polar surface area (TPSA) is 97.4 Å². The van der Waals surface area contributed by atoms with Gasteiger partial charge in [-0.3, -0.25) is 0 Å². The van der Waals surface area contributed by atoms with Gasteiger partial charge in [0.1, 0.15) is 5.75 Å². The number of nitrogens with zero attached hydrogens (tertiary/aromatic N) is 3. The van der Waals surface area contributed by atoms with E-state index in [4.69, 9.17) is 43.0 Å². The molecule has 0 saturated carbocycles. The van der Waals surface area contributed by atoms with E-state index in [1.165, 1.54) is 19.1 Å². The third-order valence-electron chi connectivity index (χ3n) is 4.54. The summed E-state index contributed by atoms with van der Waals surface area (Å²) in [4.78, 5) is 11.1. The van der Waals surface area contributed by atoms with E-state index in [2.05, 4.69) is 11.2 Å². The minimum Gasteiger partial charge on any atom is -0.479 e. The molecule has 0 aliphatic carbocycles. The fourth-order valence-electron chi connectivity index (χ4n) is 2.84. The Kier molecular flexibility index (Phi) is 7.08. The molecule has 7 nitrogen and oxygen atoms in total. The Morgan fingerprint density at radius 2 is 1.84 bits per heavy atom. The van der Waals surface area contributed by atoms with Crippen LogP contribution in [0.3, 0.4) is 0 Å². The molecular formula is C23H19Cl2N3O4. The van der Waals surface area contributed by atoms with Gasteiger partial charge in [0.25, 0.3) is 0 Å². The molecule has 1 heterocycles. The first-order valence-corrected chi connectivity index (χ1v) is 10.2. The third kappa shape index (κ3) is 5.22. The van der Waals surface area contributed by atoms with Gasteiger partial charge >= 0.3 is 5.97 Å². The van der Waals surface area contributed by atoms with Crippen LogP contribution in [0.4, 0.5) is 0 Å². The number of ether oxygens (including phenoxy) is 2. The SMILES string of the molecule is Cc1nn(C)c(Oc2cc(O[C@@H](C)C(=O)O)c(Cl)cc2Cl)c1C=Cc1ccc(C#N)cc1. The van der Waals surface area contributed by atoms with Gasteiger partial charge in [0.15, 0.2) is 11.9 Å². The molecule has 1 atom stereocenters. The number of aryl methyl sites for hydroxylation is 2. The molecule has 32 heavy (non-hydrogen) atoms. The third-order valence-corrected chi connectivity index (χ3v) is 5.13. The zero-order chi connectivity index (χ0) is 23.4.